The Balaban J connectivity index is 2.48. The van der Waals surface area contributed by atoms with Crippen LogP contribution in [0.4, 0.5) is 0 Å². The Morgan fingerprint density at radius 3 is 2.87 bits per heavy atom. The summed E-state index contributed by atoms with van der Waals surface area (Å²) in [4.78, 5) is 1.29. The molecule has 0 fully saturated rings. The van der Waals surface area contributed by atoms with E-state index in [2.05, 4.69) is 36.5 Å². The van der Waals surface area contributed by atoms with Gasteiger partial charge in [0.25, 0.3) is 0 Å². The van der Waals surface area contributed by atoms with Gasteiger partial charge >= 0.3 is 0 Å². The molecule has 0 amide bonds. The van der Waals surface area contributed by atoms with Crippen molar-refractivity contribution in [3.05, 3.63) is 28.9 Å². The van der Waals surface area contributed by atoms with E-state index in [0.29, 0.717) is 6.54 Å². The molecule has 0 atom stereocenters. The highest BCUT2D eigenvalue weighted by Crippen LogP contribution is 2.30. The summed E-state index contributed by atoms with van der Waals surface area (Å²) in [6.45, 7) is 5.57. The van der Waals surface area contributed by atoms with E-state index in [9.17, 15) is 0 Å². The molecule has 0 aromatic carbocycles. The lowest BCUT2D eigenvalue weighted by molar-refractivity contribution is 0.604. The first kappa shape index (κ1) is 10.4. The van der Waals surface area contributed by atoms with Gasteiger partial charge in [-0.05, 0) is 25.3 Å². The van der Waals surface area contributed by atoms with Crippen LogP contribution in [0.15, 0.2) is 17.5 Å². The Kier molecular flexibility index (Phi) is 2.88. The largest absolute Gasteiger partial charge is 0.329 e. The van der Waals surface area contributed by atoms with Gasteiger partial charge in [-0.15, -0.1) is 11.3 Å². The molecule has 0 bridgehead atoms. The first-order chi connectivity index (χ1) is 7.24. The van der Waals surface area contributed by atoms with E-state index in [-0.39, 0.29) is 0 Å². The molecule has 2 aromatic heterocycles. The smallest absolute Gasteiger partial charge is 0.0683 e. The lowest BCUT2D eigenvalue weighted by atomic mass is 10.1. The summed E-state index contributed by atoms with van der Waals surface area (Å²) in [6, 6.07) is 4.20. The average molecular weight is 221 g/mol. The highest BCUT2D eigenvalue weighted by Gasteiger charge is 2.13. The maximum atomic E-state index is 5.55. The molecule has 0 aliphatic carbocycles. The average Bonchev–Trinajstić information content (AvgIpc) is 2.77. The molecule has 0 spiro atoms. The molecule has 80 valence electrons. The summed E-state index contributed by atoms with van der Waals surface area (Å²) in [5, 5.41) is 6.59. The normalized spacial score (nSPS) is 10.9. The summed E-state index contributed by atoms with van der Waals surface area (Å²) in [5.74, 6) is 0. The van der Waals surface area contributed by atoms with Crippen LogP contribution in [0.3, 0.4) is 0 Å². The van der Waals surface area contributed by atoms with Gasteiger partial charge in [-0.3, -0.25) is 4.68 Å². The van der Waals surface area contributed by atoms with Gasteiger partial charge in [-0.25, -0.2) is 0 Å². The third kappa shape index (κ3) is 1.82. The molecular weight excluding hydrogens is 206 g/mol. The standard InChI is InChI=1S/C11H15N3S/c1-8-11(10-4-3-7-15-10)9(2)14(13-8)6-5-12/h3-4,7H,5-6,12H2,1-2H3. The van der Waals surface area contributed by atoms with E-state index in [1.807, 2.05) is 4.68 Å². The SMILES string of the molecule is Cc1nn(CCN)c(C)c1-c1cccs1. The third-order valence-corrected chi connectivity index (χ3v) is 3.38. The number of hydrogen-bond donors (Lipinski definition) is 1. The number of rotatable bonds is 3. The second-order valence-electron chi connectivity index (χ2n) is 3.53. The molecule has 0 aliphatic rings. The molecule has 3 nitrogen and oxygen atoms in total. The number of hydrogen-bond acceptors (Lipinski definition) is 3. The van der Waals surface area contributed by atoms with Gasteiger partial charge in [0.1, 0.15) is 0 Å². The molecule has 0 saturated heterocycles. The zero-order chi connectivity index (χ0) is 10.8. The lowest BCUT2D eigenvalue weighted by Crippen LogP contribution is -2.12. The summed E-state index contributed by atoms with van der Waals surface area (Å²) in [5.41, 5.74) is 9.11. The fraction of sp³-hybridized carbons (Fsp3) is 0.364. The fourth-order valence-electron chi connectivity index (χ4n) is 1.81. The first-order valence-electron chi connectivity index (χ1n) is 5.02. The van der Waals surface area contributed by atoms with Crippen molar-refractivity contribution < 1.29 is 0 Å². The predicted molar refractivity (Wildman–Crippen MR) is 64.1 cm³/mol. The zero-order valence-corrected chi connectivity index (χ0v) is 9.84. The Morgan fingerprint density at radius 1 is 1.47 bits per heavy atom. The number of nitrogens with zero attached hydrogens (tertiary/aromatic N) is 2. The molecule has 2 N–H and O–H groups in total. The molecule has 0 aliphatic heterocycles. The van der Waals surface area contributed by atoms with Crippen LogP contribution in [-0.2, 0) is 6.54 Å². The maximum absolute atomic E-state index is 5.55. The van der Waals surface area contributed by atoms with Crippen molar-refractivity contribution in [3.8, 4) is 10.4 Å². The van der Waals surface area contributed by atoms with E-state index in [1.165, 1.54) is 16.1 Å². The fourth-order valence-corrected chi connectivity index (χ4v) is 2.69. The zero-order valence-electron chi connectivity index (χ0n) is 9.03. The summed E-state index contributed by atoms with van der Waals surface area (Å²) < 4.78 is 1.99. The molecule has 2 heterocycles. The third-order valence-electron chi connectivity index (χ3n) is 2.49. The van der Waals surface area contributed by atoms with Crippen molar-refractivity contribution in [1.82, 2.24) is 9.78 Å². The van der Waals surface area contributed by atoms with Crippen LogP contribution < -0.4 is 5.73 Å². The molecule has 2 rings (SSSR count). The highest BCUT2D eigenvalue weighted by molar-refractivity contribution is 7.13. The van der Waals surface area contributed by atoms with Crippen LogP contribution >= 0.6 is 11.3 Å². The molecule has 2 aromatic rings. The lowest BCUT2D eigenvalue weighted by Gasteiger charge is -2.01. The van der Waals surface area contributed by atoms with Gasteiger partial charge in [0.05, 0.1) is 12.2 Å². The predicted octanol–water partition coefficient (Wildman–Crippen LogP) is 2.19. The summed E-state index contributed by atoms with van der Waals surface area (Å²) in [6.07, 6.45) is 0. The quantitative estimate of drug-likeness (QED) is 0.863. The van der Waals surface area contributed by atoms with Crippen LogP contribution in [0, 0.1) is 13.8 Å². The van der Waals surface area contributed by atoms with Gasteiger partial charge in [-0.2, -0.15) is 5.10 Å². The molecule has 0 saturated carbocycles. The van der Waals surface area contributed by atoms with E-state index >= 15 is 0 Å². The monoisotopic (exact) mass is 221 g/mol. The Hall–Kier alpha value is -1.13. The minimum Gasteiger partial charge on any atom is -0.329 e. The molecule has 0 radical (unpaired) electrons. The van der Waals surface area contributed by atoms with E-state index in [4.69, 9.17) is 5.73 Å². The van der Waals surface area contributed by atoms with Gasteiger partial charge < -0.3 is 5.73 Å². The second-order valence-corrected chi connectivity index (χ2v) is 4.48. The van der Waals surface area contributed by atoms with Crippen LogP contribution in [-0.4, -0.2) is 16.3 Å². The van der Waals surface area contributed by atoms with Crippen molar-refractivity contribution in [3.63, 3.8) is 0 Å². The highest BCUT2D eigenvalue weighted by atomic mass is 32.1. The van der Waals surface area contributed by atoms with E-state index < -0.39 is 0 Å². The Bertz CT molecular complexity index is 443. The molecular formula is C11H15N3S. The van der Waals surface area contributed by atoms with Crippen molar-refractivity contribution in [1.29, 1.82) is 0 Å². The first-order valence-corrected chi connectivity index (χ1v) is 5.90. The summed E-state index contributed by atoms with van der Waals surface area (Å²) in [7, 11) is 0. The minimum atomic E-state index is 0.631. The molecule has 4 heteroatoms. The van der Waals surface area contributed by atoms with Gasteiger partial charge in [0.2, 0.25) is 0 Å². The number of nitrogens with two attached hydrogens (primary N) is 1. The van der Waals surface area contributed by atoms with Gasteiger partial charge in [0.15, 0.2) is 0 Å². The maximum Gasteiger partial charge on any atom is 0.0683 e. The minimum absolute atomic E-state index is 0.631. The van der Waals surface area contributed by atoms with E-state index in [1.54, 1.807) is 11.3 Å². The number of aromatic nitrogens is 2. The van der Waals surface area contributed by atoms with Crippen LogP contribution in [0.25, 0.3) is 10.4 Å². The van der Waals surface area contributed by atoms with Crippen LogP contribution in [0.2, 0.25) is 0 Å². The Labute approximate surface area is 93.5 Å². The van der Waals surface area contributed by atoms with Crippen molar-refractivity contribution in [2.24, 2.45) is 5.73 Å². The van der Waals surface area contributed by atoms with Crippen molar-refractivity contribution in [2.75, 3.05) is 6.54 Å². The number of aryl methyl sites for hydroxylation is 1. The molecule has 0 unspecified atom stereocenters. The second kappa shape index (κ2) is 4.16. The van der Waals surface area contributed by atoms with Crippen LogP contribution in [0.1, 0.15) is 11.4 Å². The summed E-state index contributed by atoms with van der Waals surface area (Å²) >= 11 is 1.75. The molecule has 15 heavy (non-hydrogen) atoms. The van der Waals surface area contributed by atoms with Crippen molar-refractivity contribution in [2.45, 2.75) is 20.4 Å². The van der Waals surface area contributed by atoms with Gasteiger partial charge in [0, 0.05) is 22.7 Å². The number of thiophene rings is 1. The van der Waals surface area contributed by atoms with Crippen molar-refractivity contribution >= 4 is 11.3 Å². The Morgan fingerprint density at radius 2 is 2.27 bits per heavy atom. The van der Waals surface area contributed by atoms with Crippen LogP contribution in [0.5, 0.6) is 0 Å². The van der Waals surface area contributed by atoms with E-state index in [0.717, 1.165) is 12.2 Å². The topological polar surface area (TPSA) is 43.8 Å². The van der Waals surface area contributed by atoms with Gasteiger partial charge in [-0.1, -0.05) is 6.07 Å².